The number of nitrogens with one attached hydrogen (secondary N) is 2. The van der Waals surface area contributed by atoms with E-state index >= 15 is 0 Å². The minimum absolute atomic E-state index is 0.223. The molecule has 3 nitrogen and oxygen atoms in total. The van der Waals surface area contributed by atoms with E-state index < -0.39 is 0 Å². The van der Waals surface area contributed by atoms with E-state index in [0.29, 0.717) is 6.04 Å². The number of hydrogen-bond acceptors (Lipinski definition) is 3. The summed E-state index contributed by atoms with van der Waals surface area (Å²) in [5.74, 6) is 9.10. The van der Waals surface area contributed by atoms with Crippen molar-refractivity contribution in [2.75, 3.05) is 25.9 Å². The van der Waals surface area contributed by atoms with E-state index in [1.165, 1.54) is 56.5 Å². The smallest absolute Gasteiger partial charge is 0.0230 e. The summed E-state index contributed by atoms with van der Waals surface area (Å²) in [6.45, 7) is 34.9. The summed E-state index contributed by atoms with van der Waals surface area (Å²) in [4.78, 5) is 2.47. The molecule has 0 aromatic heterocycles. The van der Waals surface area contributed by atoms with E-state index in [1.54, 1.807) is 6.20 Å². The Hall–Kier alpha value is -0.740. The molecule has 218 valence electrons. The van der Waals surface area contributed by atoms with Gasteiger partial charge in [-0.15, -0.1) is 10.7 Å². The van der Waals surface area contributed by atoms with Gasteiger partial charge in [-0.2, -0.15) is 0 Å². The van der Waals surface area contributed by atoms with Crippen molar-refractivity contribution >= 4 is 16.5 Å². The first-order valence-electron chi connectivity index (χ1n) is 14.8. The maximum absolute atomic E-state index is 4.25. The Morgan fingerprint density at radius 2 is 1.61 bits per heavy atom. The predicted octanol–water partition coefficient (Wildman–Crippen LogP) is 9.35. The molecule has 3 atom stereocenters. The Bertz CT molecular complexity index is 505. The van der Waals surface area contributed by atoms with Crippen molar-refractivity contribution in [3.8, 4) is 0 Å². The Morgan fingerprint density at radius 1 is 1.06 bits per heavy atom. The molecule has 36 heavy (non-hydrogen) atoms. The maximum atomic E-state index is 4.25. The molecule has 0 saturated carbocycles. The first-order chi connectivity index (χ1) is 16.8. The van der Waals surface area contributed by atoms with Crippen LogP contribution in [0.2, 0.25) is 0 Å². The average molecular weight is 528 g/mol. The summed E-state index contributed by atoms with van der Waals surface area (Å²) in [5, 5.41) is 3.13. The summed E-state index contributed by atoms with van der Waals surface area (Å²) in [7, 11) is 2.17. The van der Waals surface area contributed by atoms with E-state index in [1.807, 2.05) is 7.05 Å². The largest absolute Gasteiger partial charge is 0.391 e. The third kappa shape index (κ3) is 23.6. The molecule has 3 unspecified atom stereocenters. The molecule has 0 radical (unpaired) electrons. The van der Waals surface area contributed by atoms with Crippen molar-refractivity contribution in [1.29, 1.82) is 0 Å². The molecular weight excluding hydrogens is 458 g/mol. The fourth-order valence-electron chi connectivity index (χ4n) is 4.24. The van der Waals surface area contributed by atoms with E-state index in [0.717, 1.165) is 36.1 Å². The molecule has 1 fully saturated rings. The molecule has 1 aliphatic rings. The number of piperidine rings is 1. The molecule has 1 heterocycles. The quantitative estimate of drug-likeness (QED) is 0.195. The Morgan fingerprint density at radius 3 is 1.94 bits per heavy atom. The number of rotatable bonds is 12. The molecule has 1 rings (SSSR count). The van der Waals surface area contributed by atoms with Crippen LogP contribution in [-0.2, 0) is 0 Å². The fraction of sp³-hybridized carbons (Fsp3) is 0.844. The summed E-state index contributed by atoms with van der Waals surface area (Å²) in [5.41, 5.74) is 1.37. The Kier molecular flexibility index (Phi) is 28.6. The topological polar surface area (TPSA) is 27.3 Å². The molecule has 0 bridgehead atoms. The molecule has 0 aliphatic carbocycles. The highest BCUT2D eigenvalue weighted by molar-refractivity contribution is 8.12. The lowest BCUT2D eigenvalue weighted by Gasteiger charge is -2.41. The lowest BCUT2D eigenvalue weighted by molar-refractivity contribution is 0.179. The van der Waals surface area contributed by atoms with E-state index in [9.17, 15) is 0 Å². The number of hydrogen-bond donors (Lipinski definition) is 2. The van der Waals surface area contributed by atoms with Crippen LogP contribution in [0.5, 0.6) is 0 Å². The van der Waals surface area contributed by atoms with Crippen molar-refractivity contribution in [2.24, 2.45) is 29.6 Å². The van der Waals surface area contributed by atoms with Crippen molar-refractivity contribution in [2.45, 2.75) is 121 Å². The summed E-state index contributed by atoms with van der Waals surface area (Å²) in [6.07, 6.45) is 9.59. The van der Waals surface area contributed by atoms with Gasteiger partial charge in [0.1, 0.15) is 0 Å². The van der Waals surface area contributed by atoms with Crippen LogP contribution < -0.4 is 10.0 Å². The van der Waals surface area contributed by atoms with Gasteiger partial charge in [0.2, 0.25) is 0 Å². The molecule has 4 heteroatoms. The van der Waals surface area contributed by atoms with Crippen molar-refractivity contribution in [3.63, 3.8) is 0 Å². The zero-order valence-corrected chi connectivity index (χ0v) is 27.7. The highest BCUT2D eigenvalue weighted by Gasteiger charge is 2.26. The molecule has 0 aromatic rings. The third-order valence-electron chi connectivity index (χ3n) is 6.39. The van der Waals surface area contributed by atoms with Crippen molar-refractivity contribution in [3.05, 3.63) is 25.1 Å². The third-order valence-corrected chi connectivity index (χ3v) is 7.86. The monoisotopic (exact) mass is 528 g/mol. The standard InChI is InChI=1S/C12H23N.C11H23N.C5H13NS.C4H10/c1-9(2)12-7-6-8-13(10(3)4)11(12)5;1-5-11(10(3)4)8-7-9-12-6-2;1-4-5-7(3)6-2;1-4(2)3/h9-10,12H,5-8H2,1-4H3;6,10-12H,2,5,7-9H2,1,3-4H3;6H,3-5H2,1-2H3;4H,1-3H3. The second-order valence-electron chi connectivity index (χ2n) is 11.6. The number of allylic oxidation sites excluding steroid dienone is 1. The van der Waals surface area contributed by atoms with Gasteiger partial charge in [0.25, 0.3) is 0 Å². The van der Waals surface area contributed by atoms with Crippen LogP contribution in [0.25, 0.3) is 0 Å². The lowest BCUT2D eigenvalue weighted by atomic mass is 9.85. The summed E-state index contributed by atoms with van der Waals surface area (Å²) in [6, 6.07) is 0.619. The molecular formula is C32H69N3S. The van der Waals surface area contributed by atoms with Gasteiger partial charge in [-0.1, -0.05) is 87.8 Å². The molecule has 0 amide bonds. The fourth-order valence-corrected chi connectivity index (χ4v) is 4.94. The van der Waals surface area contributed by atoms with Gasteiger partial charge in [-0.3, -0.25) is 4.72 Å². The first-order valence-corrected chi connectivity index (χ1v) is 16.3. The molecule has 1 saturated heterocycles. The lowest BCUT2D eigenvalue weighted by Crippen LogP contribution is -2.38. The zero-order valence-electron chi connectivity index (χ0n) is 26.9. The maximum Gasteiger partial charge on any atom is 0.0230 e. The van der Waals surface area contributed by atoms with Crippen LogP contribution in [0.15, 0.2) is 25.1 Å². The van der Waals surface area contributed by atoms with Gasteiger partial charge in [-0.25, -0.2) is 0 Å². The Labute approximate surface area is 232 Å². The van der Waals surface area contributed by atoms with Crippen molar-refractivity contribution in [1.82, 2.24) is 14.9 Å². The van der Waals surface area contributed by atoms with Gasteiger partial charge < -0.3 is 10.2 Å². The average Bonchev–Trinajstić information content (AvgIpc) is 2.79. The predicted molar refractivity (Wildman–Crippen MR) is 174 cm³/mol. The van der Waals surface area contributed by atoms with Crippen LogP contribution >= 0.6 is 10.7 Å². The molecule has 2 N–H and O–H groups in total. The van der Waals surface area contributed by atoms with E-state index in [4.69, 9.17) is 0 Å². The summed E-state index contributed by atoms with van der Waals surface area (Å²) >= 11 is 0. The highest BCUT2D eigenvalue weighted by Crippen LogP contribution is 2.32. The van der Waals surface area contributed by atoms with Gasteiger partial charge in [0.05, 0.1) is 0 Å². The van der Waals surface area contributed by atoms with Gasteiger partial charge in [0.15, 0.2) is 0 Å². The minimum atomic E-state index is 0.223. The molecule has 0 spiro atoms. The molecule has 0 aromatic carbocycles. The normalized spacial score (nSPS) is 16.9. The van der Waals surface area contributed by atoms with Crippen molar-refractivity contribution < 1.29 is 0 Å². The number of likely N-dealkylation sites (tertiary alicyclic amines) is 1. The minimum Gasteiger partial charge on any atom is -0.391 e. The van der Waals surface area contributed by atoms with Crippen LogP contribution in [-0.4, -0.2) is 42.7 Å². The van der Waals surface area contributed by atoms with Crippen LogP contribution in [0.4, 0.5) is 0 Å². The molecule has 1 aliphatic heterocycles. The van der Waals surface area contributed by atoms with Gasteiger partial charge >= 0.3 is 0 Å². The second kappa shape index (κ2) is 25.9. The second-order valence-corrected chi connectivity index (χ2v) is 13.4. The van der Waals surface area contributed by atoms with Crippen LogP contribution in [0.1, 0.15) is 115 Å². The SMILES string of the molecule is C=C1C(C(C)C)CCCN1C(C)C.C=CNCCCC(CC)C(C)C.C=S(CCC)NC.CC(C)C. The first kappa shape index (κ1) is 39.8. The van der Waals surface area contributed by atoms with Crippen LogP contribution in [0.3, 0.4) is 0 Å². The number of nitrogens with zero attached hydrogens (tertiary/aromatic N) is 1. The highest BCUT2D eigenvalue weighted by atomic mass is 32.2. The summed E-state index contributed by atoms with van der Waals surface area (Å²) < 4.78 is 3.08. The van der Waals surface area contributed by atoms with Gasteiger partial charge in [-0.05, 0) is 82.9 Å². The van der Waals surface area contributed by atoms with E-state index in [-0.39, 0.29) is 10.7 Å². The van der Waals surface area contributed by atoms with Crippen LogP contribution in [0, 0.1) is 29.6 Å². The van der Waals surface area contributed by atoms with E-state index in [2.05, 4.69) is 110 Å². The Balaban J connectivity index is -0.000000437. The zero-order chi connectivity index (χ0) is 28.7. The van der Waals surface area contributed by atoms with Gasteiger partial charge in [0, 0.05) is 36.5 Å².